The molecule has 0 spiro atoms. The Balaban J connectivity index is 2.47. The summed E-state index contributed by atoms with van der Waals surface area (Å²) >= 11 is 0. The summed E-state index contributed by atoms with van der Waals surface area (Å²) < 4.78 is 5.78. The van der Waals surface area contributed by atoms with Crippen molar-refractivity contribution in [2.24, 2.45) is 0 Å². The lowest BCUT2D eigenvalue weighted by molar-refractivity contribution is 0.202. The van der Waals surface area contributed by atoms with E-state index in [1.165, 1.54) is 11.1 Å². The van der Waals surface area contributed by atoms with Crippen LogP contribution in [0.25, 0.3) is 0 Å². The minimum absolute atomic E-state index is 0.103. The minimum Gasteiger partial charge on any atom is -0.494 e. The van der Waals surface area contributed by atoms with Crippen LogP contribution in [0.3, 0.4) is 0 Å². The van der Waals surface area contributed by atoms with Crippen LogP contribution in [-0.4, -0.2) is 30.4 Å². The summed E-state index contributed by atoms with van der Waals surface area (Å²) in [6, 6.07) is 6.75. The second-order valence-electron chi connectivity index (χ2n) is 6.01. The minimum atomic E-state index is 0.103. The smallest absolute Gasteiger partial charge is 0.119 e. The molecule has 0 aromatic heterocycles. The van der Waals surface area contributed by atoms with Gasteiger partial charge in [-0.3, -0.25) is 0 Å². The van der Waals surface area contributed by atoms with Crippen LogP contribution in [0.4, 0.5) is 0 Å². The number of aryl methyl sites for hydroxylation is 1. The number of benzene rings is 1. The predicted octanol–water partition coefficient (Wildman–Crippen LogP) is 3.25. The van der Waals surface area contributed by atoms with E-state index in [-0.39, 0.29) is 12.6 Å². The van der Waals surface area contributed by atoms with Crippen LogP contribution in [0.5, 0.6) is 5.75 Å². The Morgan fingerprint density at radius 3 is 2.40 bits per heavy atom. The number of ether oxygens (including phenoxy) is 1. The first kappa shape index (κ1) is 17.0. The summed E-state index contributed by atoms with van der Waals surface area (Å²) in [5, 5.41) is 12.6. The molecule has 1 unspecified atom stereocenters. The Morgan fingerprint density at radius 1 is 1.20 bits per heavy atom. The molecular weight excluding hydrogens is 250 g/mol. The van der Waals surface area contributed by atoms with E-state index in [1.54, 1.807) is 0 Å². The Morgan fingerprint density at radius 2 is 1.90 bits per heavy atom. The average Bonchev–Trinajstić information content (AvgIpc) is 2.36. The molecule has 0 aliphatic heterocycles. The number of hydrogen-bond acceptors (Lipinski definition) is 3. The second kappa shape index (κ2) is 8.28. The van der Waals surface area contributed by atoms with Crippen molar-refractivity contribution in [1.82, 2.24) is 5.32 Å². The lowest BCUT2D eigenvalue weighted by Gasteiger charge is -2.19. The highest BCUT2D eigenvalue weighted by Crippen LogP contribution is 2.23. The second-order valence-corrected chi connectivity index (χ2v) is 6.01. The Hall–Kier alpha value is -1.06. The van der Waals surface area contributed by atoms with Gasteiger partial charge in [-0.25, -0.2) is 0 Å². The van der Waals surface area contributed by atoms with Gasteiger partial charge in [-0.05, 0) is 42.5 Å². The molecule has 0 bridgehead atoms. The molecule has 0 heterocycles. The van der Waals surface area contributed by atoms with E-state index >= 15 is 0 Å². The molecule has 3 heteroatoms. The fourth-order valence-electron chi connectivity index (χ4n) is 2.40. The van der Waals surface area contributed by atoms with Crippen LogP contribution >= 0.6 is 0 Å². The molecule has 3 nitrogen and oxygen atoms in total. The Kier molecular flexibility index (Phi) is 7.03. The zero-order chi connectivity index (χ0) is 15.1. The third-order valence-corrected chi connectivity index (χ3v) is 3.39. The van der Waals surface area contributed by atoms with Crippen molar-refractivity contribution in [3.8, 4) is 5.75 Å². The van der Waals surface area contributed by atoms with Crippen molar-refractivity contribution >= 4 is 0 Å². The van der Waals surface area contributed by atoms with Crippen LogP contribution in [-0.2, 0) is 0 Å². The normalized spacial score (nSPS) is 13.0. The first-order valence-electron chi connectivity index (χ1n) is 7.54. The highest BCUT2D eigenvalue weighted by Gasteiger charge is 2.09. The third-order valence-electron chi connectivity index (χ3n) is 3.39. The lowest BCUT2D eigenvalue weighted by atomic mass is 9.98. The predicted molar refractivity (Wildman–Crippen MR) is 84.5 cm³/mol. The van der Waals surface area contributed by atoms with Crippen molar-refractivity contribution in [2.45, 2.75) is 59.0 Å². The summed E-state index contributed by atoms with van der Waals surface area (Å²) in [4.78, 5) is 0. The van der Waals surface area contributed by atoms with E-state index in [0.717, 1.165) is 12.2 Å². The van der Waals surface area contributed by atoms with E-state index in [0.29, 0.717) is 18.6 Å². The summed E-state index contributed by atoms with van der Waals surface area (Å²) in [7, 11) is 0. The summed E-state index contributed by atoms with van der Waals surface area (Å²) in [5.74, 6) is 1.45. The SMILES string of the molecule is Cc1cc(OCCC(CO)NC(C)C)ccc1C(C)C. The summed E-state index contributed by atoms with van der Waals surface area (Å²) in [6.07, 6.45) is 0.805. The van der Waals surface area contributed by atoms with E-state index in [9.17, 15) is 5.11 Å². The molecule has 0 aliphatic carbocycles. The van der Waals surface area contributed by atoms with Gasteiger partial charge in [-0.1, -0.05) is 33.8 Å². The van der Waals surface area contributed by atoms with Crippen molar-refractivity contribution in [2.75, 3.05) is 13.2 Å². The fourth-order valence-corrected chi connectivity index (χ4v) is 2.40. The van der Waals surface area contributed by atoms with Gasteiger partial charge in [-0.2, -0.15) is 0 Å². The van der Waals surface area contributed by atoms with Crippen LogP contribution < -0.4 is 10.1 Å². The molecule has 1 rings (SSSR count). The molecule has 0 amide bonds. The van der Waals surface area contributed by atoms with Crippen LogP contribution in [0.1, 0.15) is 51.2 Å². The lowest BCUT2D eigenvalue weighted by Crippen LogP contribution is -2.38. The Bertz CT molecular complexity index is 402. The van der Waals surface area contributed by atoms with Crippen molar-refractivity contribution in [3.05, 3.63) is 29.3 Å². The van der Waals surface area contributed by atoms with Gasteiger partial charge in [0.05, 0.1) is 13.2 Å². The highest BCUT2D eigenvalue weighted by molar-refractivity contribution is 5.36. The van der Waals surface area contributed by atoms with Gasteiger partial charge in [0.1, 0.15) is 5.75 Å². The quantitative estimate of drug-likeness (QED) is 0.767. The van der Waals surface area contributed by atoms with Crippen LogP contribution in [0, 0.1) is 6.92 Å². The molecule has 1 atom stereocenters. The van der Waals surface area contributed by atoms with Gasteiger partial charge < -0.3 is 15.2 Å². The zero-order valence-electron chi connectivity index (χ0n) is 13.4. The first-order chi connectivity index (χ1) is 9.43. The maximum atomic E-state index is 9.30. The van der Waals surface area contributed by atoms with Crippen LogP contribution in [0.15, 0.2) is 18.2 Å². The van der Waals surface area contributed by atoms with Gasteiger partial charge in [0.15, 0.2) is 0 Å². The molecule has 1 aromatic rings. The van der Waals surface area contributed by atoms with E-state index in [2.05, 4.69) is 52.1 Å². The number of nitrogens with one attached hydrogen (secondary N) is 1. The van der Waals surface area contributed by atoms with Crippen LogP contribution in [0.2, 0.25) is 0 Å². The molecule has 0 radical (unpaired) electrons. The molecule has 0 saturated carbocycles. The maximum Gasteiger partial charge on any atom is 0.119 e. The average molecular weight is 279 g/mol. The molecule has 0 fully saturated rings. The molecule has 114 valence electrons. The molecule has 2 N–H and O–H groups in total. The zero-order valence-corrected chi connectivity index (χ0v) is 13.4. The maximum absolute atomic E-state index is 9.30. The molecule has 0 aliphatic rings. The largest absolute Gasteiger partial charge is 0.494 e. The van der Waals surface area contributed by atoms with Crippen molar-refractivity contribution in [1.29, 1.82) is 0 Å². The van der Waals surface area contributed by atoms with Gasteiger partial charge in [0.25, 0.3) is 0 Å². The van der Waals surface area contributed by atoms with Gasteiger partial charge in [0.2, 0.25) is 0 Å². The third kappa shape index (κ3) is 5.51. The Labute approximate surface area is 123 Å². The van der Waals surface area contributed by atoms with E-state index in [4.69, 9.17) is 4.74 Å². The van der Waals surface area contributed by atoms with Gasteiger partial charge in [-0.15, -0.1) is 0 Å². The number of rotatable bonds is 8. The standard InChI is InChI=1S/C17H29NO2/c1-12(2)17-7-6-16(10-14(17)5)20-9-8-15(11-19)18-13(3)4/h6-7,10,12-13,15,18-19H,8-9,11H2,1-5H3. The van der Waals surface area contributed by atoms with Crippen molar-refractivity contribution in [3.63, 3.8) is 0 Å². The molecular formula is C17H29NO2. The topological polar surface area (TPSA) is 41.5 Å². The number of aliphatic hydroxyl groups excluding tert-OH is 1. The van der Waals surface area contributed by atoms with Gasteiger partial charge >= 0.3 is 0 Å². The summed E-state index contributed by atoms with van der Waals surface area (Å²) in [6.45, 7) is 11.4. The van der Waals surface area contributed by atoms with Crippen molar-refractivity contribution < 1.29 is 9.84 Å². The monoisotopic (exact) mass is 279 g/mol. The molecule has 0 saturated heterocycles. The molecule has 1 aromatic carbocycles. The highest BCUT2D eigenvalue weighted by atomic mass is 16.5. The van der Waals surface area contributed by atoms with Gasteiger partial charge in [0, 0.05) is 12.1 Å². The van der Waals surface area contributed by atoms with E-state index < -0.39 is 0 Å². The molecule has 20 heavy (non-hydrogen) atoms. The van der Waals surface area contributed by atoms with E-state index in [1.807, 2.05) is 6.07 Å². The number of hydrogen-bond donors (Lipinski definition) is 2. The summed E-state index contributed by atoms with van der Waals surface area (Å²) in [5.41, 5.74) is 2.64. The number of aliphatic hydroxyl groups is 1. The fraction of sp³-hybridized carbons (Fsp3) is 0.647. The first-order valence-corrected chi connectivity index (χ1v) is 7.54.